The van der Waals surface area contributed by atoms with Crippen LogP contribution in [0.2, 0.25) is 0 Å². The van der Waals surface area contributed by atoms with Crippen molar-refractivity contribution in [1.82, 2.24) is 9.80 Å². The summed E-state index contributed by atoms with van der Waals surface area (Å²) in [6, 6.07) is 16.1. The average Bonchev–Trinajstić information content (AvgIpc) is 3.34. The molecule has 2 fully saturated rings. The third-order valence-electron chi connectivity index (χ3n) is 10.5. The SMILES string of the molecule is CC[C@@]1(c2cccc(O)c2)CCCCN(CCCCCCCCCN2CCCC[C@@](CC)(c3cccc(O)c3)C2)C1.Cl.Cl. The molecule has 2 heterocycles. The van der Waals surface area contributed by atoms with E-state index in [2.05, 4.69) is 35.8 Å². The number of hydrogen-bond acceptors (Lipinski definition) is 4. The molecular weight excluding hydrogens is 575 g/mol. The molecule has 43 heavy (non-hydrogen) atoms. The Morgan fingerprint density at radius 3 is 1.35 bits per heavy atom. The molecule has 2 saturated heterocycles. The first kappa shape index (κ1) is 37.7. The first-order chi connectivity index (χ1) is 20.0. The van der Waals surface area contributed by atoms with Gasteiger partial charge in [-0.05, 0) is 113 Å². The second-order valence-electron chi connectivity index (χ2n) is 13.3. The van der Waals surface area contributed by atoms with Crippen LogP contribution in [0.5, 0.6) is 11.5 Å². The predicted octanol–water partition coefficient (Wildman–Crippen LogP) is 9.64. The lowest BCUT2D eigenvalue weighted by Gasteiger charge is -2.36. The molecule has 6 heteroatoms. The highest BCUT2D eigenvalue weighted by Crippen LogP contribution is 2.39. The number of phenolic OH excluding ortho intramolecular Hbond substituents is 2. The number of hydrogen-bond donors (Lipinski definition) is 2. The molecule has 0 spiro atoms. The van der Waals surface area contributed by atoms with Crippen molar-refractivity contribution in [2.24, 2.45) is 0 Å². The highest BCUT2D eigenvalue weighted by Gasteiger charge is 2.35. The largest absolute Gasteiger partial charge is 0.508 e. The molecule has 0 amide bonds. The molecule has 4 nitrogen and oxygen atoms in total. The molecule has 4 rings (SSSR count). The molecule has 2 N–H and O–H groups in total. The van der Waals surface area contributed by atoms with E-state index in [9.17, 15) is 10.2 Å². The third kappa shape index (κ3) is 10.8. The molecule has 0 aliphatic carbocycles. The topological polar surface area (TPSA) is 46.9 Å². The van der Waals surface area contributed by atoms with Crippen molar-refractivity contribution >= 4 is 24.8 Å². The summed E-state index contributed by atoms with van der Waals surface area (Å²) in [5.41, 5.74) is 3.02. The number of benzene rings is 2. The van der Waals surface area contributed by atoms with Crippen molar-refractivity contribution in [3.05, 3.63) is 59.7 Å². The van der Waals surface area contributed by atoms with E-state index in [0.29, 0.717) is 11.5 Å². The lowest BCUT2D eigenvalue weighted by atomic mass is 9.74. The van der Waals surface area contributed by atoms with Crippen LogP contribution in [0.1, 0.15) is 121 Å². The van der Waals surface area contributed by atoms with Gasteiger partial charge in [0.25, 0.3) is 0 Å². The Labute approximate surface area is 275 Å². The van der Waals surface area contributed by atoms with Crippen LogP contribution >= 0.6 is 24.8 Å². The molecule has 0 unspecified atom stereocenters. The quantitative estimate of drug-likeness (QED) is 0.203. The number of aromatic hydroxyl groups is 2. The van der Waals surface area contributed by atoms with Crippen LogP contribution in [0.4, 0.5) is 0 Å². The van der Waals surface area contributed by atoms with Crippen molar-refractivity contribution in [3.63, 3.8) is 0 Å². The minimum atomic E-state index is 0. The van der Waals surface area contributed by atoms with Crippen molar-refractivity contribution < 1.29 is 10.2 Å². The molecule has 0 saturated carbocycles. The number of unbranched alkanes of at least 4 members (excludes halogenated alkanes) is 6. The van der Waals surface area contributed by atoms with Crippen molar-refractivity contribution in [2.75, 3.05) is 39.3 Å². The molecule has 0 aromatic heterocycles. The zero-order valence-electron chi connectivity index (χ0n) is 27.1. The van der Waals surface area contributed by atoms with Gasteiger partial charge in [0.1, 0.15) is 11.5 Å². The lowest BCUT2D eigenvalue weighted by molar-refractivity contribution is 0.212. The van der Waals surface area contributed by atoms with E-state index in [4.69, 9.17) is 0 Å². The smallest absolute Gasteiger partial charge is 0.115 e. The molecular formula is C37H60Cl2N2O2. The first-order valence-corrected chi connectivity index (χ1v) is 17.0. The molecule has 2 aromatic rings. The van der Waals surface area contributed by atoms with Crippen molar-refractivity contribution in [2.45, 2.75) is 121 Å². The molecule has 0 bridgehead atoms. The normalized spacial score (nSPS) is 23.5. The Balaban J connectivity index is 0.00000323. The summed E-state index contributed by atoms with van der Waals surface area (Å²) in [7, 11) is 0. The van der Waals surface area contributed by atoms with Gasteiger partial charge < -0.3 is 20.0 Å². The van der Waals surface area contributed by atoms with Crippen LogP contribution in [0.3, 0.4) is 0 Å². The summed E-state index contributed by atoms with van der Waals surface area (Å²) < 4.78 is 0. The Morgan fingerprint density at radius 1 is 0.581 bits per heavy atom. The van der Waals surface area contributed by atoms with E-state index in [0.717, 1.165) is 25.9 Å². The van der Waals surface area contributed by atoms with Gasteiger partial charge in [0.15, 0.2) is 0 Å². The Kier molecular flexibility index (Phi) is 16.8. The Morgan fingerprint density at radius 2 is 0.977 bits per heavy atom. The average molecular weight is 636 g/mol. The van der Waals surface area contributed by atoms with Gasteiger partial charge in [0, 0.05) is 23.9 Å². The van der Waals surface area contributed by atoms with E-state index in [1.165, 1.54) is 121 Å². The van der Waals surface area contributed by atoms with Gasteiger partial charge in [-0.2, -0.15) is 0 Å². The summed E-state index contributed by atoms with van der Waals surface area (Å²) in [5.74, 6) is 0.805. The fraction of sp³-hybridized carbons (Fsp3) is 0.676. The highest BCUT2D eigenvalue weighted by molar-refractivity contribution is 5.85. The number of halogens is 2. The van der Waals surface area contributed by atoms with Crippen LogP contribution in [0, 0.1) is 0 Å². The Hall–Kier alpha value is -1.46. The molecule has 244 valence electrons. The minimum absolute atomic E-state index is 0. The van der Waals surface area contributed by atoms with Gasteiger partial charge >= 0.3 is 0 Å². The second-order valence-corrected chi connectivity index (χ2v) is 13.3. The lowest BCUT2D eigenvalue weighted by Crippen LogP contribution is -2.39. The summed E-state index contributed by atoms with van der Waals surface area (Å²) in [6.45, 7) is 11.8. The highest BCUT2D eigenvalue weighted by atomic mass is 35.5. The van der Waals surface area contributed by atoms with Gasteiger partial charge in [-0.1, -0.05) is 83.1 Å². The van der Waals surface area contributed by atoms with Gasteiger partial charge in [-0.15, -0.1) is 24.8 Å². The fourth-order valence-corrected chi connectivity index (χ4v) is 7.83. The van der Waals surface area contributed by atoms with Gasteiger partial charge in [0.2, 0.25) is 0 Å². The van der Waals surface area contributed by atoms with Crippen LogP contribution in [0.15, 0.2) is 48.5 Å². The minimum Gasteiger partial charge on any atom is -0.508 e. The van der Waals surface area contributed by atoms with Gasteiger partial charge in [0.05, 0.1) is 0 Å². The molecule has 2 aliphatic heterocycles. The Bertz CT molecular complexity index is 971. The molecule has 0 radical (unpaired) electrons. The van der Waals surface area contributed by atoms with E-state index in [-0.39, 0.29) is 35.6 Å². The maximum atomic E-state index is 10.1. The van der Waals surface area contributed by atoms with E-state index < -0.39 is 0 Å². The van der Waals surface area contributed by atoms with Crippen molar-refractivity contribution in [3.8, 4) is 11.5 Å². The number of nitrogens with zero attached hydrogens (tertiary/aromatic N) is 2. The van der Waals surface area contributed by atoms with E-state index in [1.54, 1.807) is 12.1 Å². The summed E-state index contributed by atoms with van der Waals surface area (Å²) >= 11 is 0. The molecule has 2 atom stereocenters. The molecule has 2 aromatic carbocycles. The zero-order chi connectivity index (χ0) is 29.0. The second kappa shape index (κ2) is 19.1. The summed E-state index contributed by atoms with van der Waals surface area (Å²) in [5, 5.41) is 20.2. The number of rotatable bonds is 14. The summed E-state index contributed by atoms with van der Waals surface area (Å²) in [4.78, 5) is 5.43. The molecule has 2 aliphatic rings. The van der Waals surface area contributed by atoms with Crippen LogP contribution in [0.25, 0.3) is 0 Å². The van der Waals surface area contributed by atoms with E-state index >= 15 is 0 Å². The monoisotopic (exact) mass is 634 g/mol. The van der Waals surface area contributed by atoms with Crippen LogP contribution in [-0.4, -0.2) is 59.3 Å². The first-order valence-electron chi connectivity index (χ1n) is 17.0. The van der Waals surface area contributed by atoms with Crippen LogP contribution in [-0.2, 0) is 10.8 Å². The van der Waals surface area contributed by atoms with Gasteiger partial charge in [-0.3, -0.25) is 0 Å². The maximum Gasteiger partial charge on any atom is 0.115 e. The maximum absolute atomic E-state index is 10.1. The summed E-state index contributed by atoms with van der Waals surface area (Å²) in [6.07, 6.45) is 19.3. The van der Waals surface area contributed by atoms with Crippen molar-refractivity contribution in [1.29, 1.82) is 0 Å². The zero-order valence-corrected chi connectivity index (χ0v) is 28.7. The van der Waals surface area contributed by atoms with Gasteiger partial charge in [-0.25, -0.2) is 0 Å². The predicted molar refractivity (Wildman–Crippen MR) is 188 cm³/mol. The van der Waals surface area contributed by atoms with Crippen LogP contribution < -0.4 is 0 Å². The number of phenols is 2. The van der Waals surface area contributed by atoms with E-state index in [1.807, 2.05) is 24.3 Å². The standard InChI is InChI=1S/C37H58N2O2.2ClH/c1-3-36(32-18-16-20-34(40)28-32)22-10-14-26-38(30-36)24-12-8-6-5-7-9-13-25-39-27-15-11-23-37(4-2,31-39)33-19-17-21-35(41)29-33;;/h16-21,28-29,40-41H,3-15,22-27,30-31H2,1-2H3;2*1H/t36-,37-;;/m1../s1. The number of likely N-dealkylation sites (tertiary alicyclic amines) is 2. The fourth-order valence-electron chi connectivity index (χ4n) is 7.83. The third-order valence-corrected chi connectivity index (χ3v) is 10.5.